The number of fused-ring (bicyclic) bond motifs is 1. The number of hydrogen-bond donors (Lipinski definition) is 3. The Balaban J connectivity index is 1.49. The second-order valence-electron chi connectivity index (χ2n) is 11.5. The third-order valence-electron chi connectivity index (χ3n) is 8.79. The van der Waals surface area contributed by atoms with Gasteiger partial charge in [-0.2, -0.15) is 0 Å². The van der Waals surface area contributed by atoms with Gasteiger partial charge in [-0.25, -0.2) is 19.7 Å². The normalized spacial score (nSPS) is 25.2. The number of aliphatic hydroxyl groups is 1. The Kier molecular flexibility index (Phi) is 6.52. The Labute approximate surface area is 215 Å². The number of anilines is 1. The van der Waals surface area contributed by atoms with Crippen LogP contribution in [-0.2, 0) is 16.9 Å². The van der Waals surface area contributed by atoms with E-state index in [0.717, 1.165) is 30.8 Å². The van der Waals surface area contributed by atoms with Crippen molar-refractivity contribution < 1.29 is 14.4 Å². The maximum absolute atomic E-state index is 11.8. The lowest BCUT2D eigenvalue weighted by atomic mass is 9.80. The maximum Gasteiger partial charge on any atom is 0.439 e. The zero-order valence-electron chi connectivity index (χ0n) is 21.7. The Morgan fingerprint density at radius 2 is 1.89 bits per heavy atom. The molecule has 0 spiro atoms. The number of ether oxygens (including phenoxy) is 1. The zero-order chi connectivity index (χ0) is 25.6. The van der Waals surface area contributed by atoms with Gasteiger partial charge in [0.2, 0.25) is 11.6 Å². The number of hydrogen-bond acceptors (Lipinski definition) is 9. The van der Waals surface area contributed by atoms with Crippen molar-refractivity contribution >= 4 is 17.0 Å². The highest BCUT2D eigenvalue weighted by Crippen LogP contribution is 2.39. The fraction of sp³-hybridized carbons (Fsp3) is 0.731. The number of imidazole rings is 1. The third-order valence-corrected chi connectivity index (χ3v) is 8.79. The van der Waals surface area contributed by atoms with Crippen molar-refractivity contribution in [3.05, 3.63) is 16.4 Å². The molecule has 1 atom stereocenters. The fourth-order valence-corrected chi connectivity index (χ4v) is 6.08. The topological polar surface area (TPSA) is 144 Å². The molecule has 11 heteroatoms. The van der Waals surface area contributed by atoms with Crippen molar-refractivity contribution in [3.63, 3.8) is 0 Å². The van der Waals surface area contributed by atoms with E-state index in [0.29, 0.717) is 55.2 Å². The first-order valence-electron chi connectivity index (χ1n) is 13.8. The van der Waals surface area contributed by atoms with E-state index >= 15 is 0 Å². The van der Waals surface area contributed by atoms with Crippen LogP contribution in [0.5, 0.6) is 0 Å². The lowest BCUT2D eigenvalue weighted by Gasteiger charge is -2.34. The highest BCUT2D eigenvalue weighted by atomic mass is 16.5. The Hall–Kier alpha value is -2.79. The van der Waals surface area contributed by atoms with E-state index in [1.54, 1.807) is 0 Å². The summed E-state index contributed by atoms with van der Waals surface area (Å²) in [5, 5.41) is 19.2. The van der Waals surface area contributed by atoms with Crippen molar-refractivity contribution in [1.82, 2.24) is 29.7 Å². The number of H-pyrrole nitrogens is 1. The van der Waals surface area contributed by atoms with Crippen molar-refractivity contribution in [2.75, 3.05) is 18.5 Å². The van der Waals surface area contributed by atoms with E-state index in [-0.39, 0.29) is 17.7 Å². The van der Waals surface area contributed by atoms with E-state index in [1.807, 2.05) is 0 Å². The van der Waals surface area contributed by atoms with Gasteiger partial charge in [-0.05, 0) is 50.4 Å². The van der Waals surface area contributed by atoms with Gasteiger partial charge in [0.25, 0.3) is 0 Å². The number of nitrogens with one attached hydrogen (secondary N) is 2. The molecule has 3 aromatic heterocycles. The largest absolute Gasteiger partial charge is 0.439 e. The molecule has 11 nitrogen and oxygen atoms in total. The number of aromatic amines is 1. The molecular weight excluding hydrogens is 474 g/mol. The van der Waals surface area contributed by atoms with Gasteiger partial charge < -0.3 is 19.7 Å². The predicted molar refractivity (Wildman–Crippen MR) is 137 cm³/mol. The Morgan fingerprint density at radius 1 is 1.14 bits per heavy atom. The van der Waals surface area contributed by atoms with Gasteiger partial charge in [-0.3, -0.25) is 9.51 Å². The van der Waals surface area contributed by atoms with Crippen LogP contribution >= 0.6 is 0 Å². The first-order chi connectivity index (χ1) is 17.9. The van der Waals surface area contributed by atoms with Gasteiger partial charge in [0.1, 0.15) is 16.9 Å². The molecule has 0 unspecified atom stereocenters. The molecule has 3 aromatic rings. The van der Waals surface area contributed by atoms with Gasteiger partial charge in [0.05, 0.1) is 0 Å². The summed E-state index contributed by atoms with van der Waals surface area (Å²) in [6.45, 7) is 6.25. The lowest BCUT2D eigenvalue weighted by Crippen LogP contribution is -2.37. The Morgan fingerprint density at radius 3 is 2.54 bits per heavy atom. The van der Waals surface area contributed by atoms with Gasteiger partial charge in [-0.15, -0.1) is 0 Å². The SMILES string of the molecule is C[C@@H](Nc1nc(-c2noc(=O)[nH]2)nc2nc(C3(O)CCOCC3)n(C[C@H]3CC[C@H](C)CC3)c12)C1CCC1. The number of rotatable bonds is 7. The van der Waals surface area contributed by atoms with Crippen LogP contribution in [0, 0.1) is 17.8 Å². The van der Waals surface area contributed by atoms with E-state index in [1.165, 1.54) is 32.1 Å². The first kappa shape index (κ1) is 24.5. The molecule has 0 aromatic carbocycles. The minimum absolute atomic E-state index is 0.161. The predicted octanol–water partition coefficient (Wildman–Crippen LogP) is 3.59. The molecule has 200 valence electrons. The minimum Gasteiger partial charge on any atom is -0.382 e. The van der Waals surface area contributed by atoms with Crippen LogP contribution in [0.25, 0.3) is 22.8 Å². The summed E-state index contributed by atoms with van der Waals surface area (Å²) < 4.78 is 12.5. The van der Waals surface area contributed by atoms with Crippen molar-refractivity contribution in [2.24, 2.45) is 17.8 Å². The summed E-state index contributed by atoms with van der Waals surface area (Å²) in [5.41, 5.74) is 0.186. The molecule has 1 aliphatic heterocycles. The molecule has 37 heavy (non-hydrogen) atoms. The van der Waals surface area contributed by atoms with Gasteiger partial charge in [-0.1, -0.05) is 31.3 Å². The van der Waals surface area contributed by atoms with Crippen molar-refractivity contribution in [2.45, 2.75) is 89.8 Å². The zero-order valence-corrected chi connectivity index (χ0v) is 21.7. The second kappa shape index (κ2) is 9.83. The highest BCUT2D eigenvalue weighted by Gasteiger charge is 2.39. The molecular formula is C26H37N7O4. The molecule has 3 fully saturated rings. The number of nitrogens with zero attached hydrogens (tertiary/aromatic N) is 5. The van der Waals surface area contributed by atoms with Crippen molar-refractivity contribution in [1.29, 1.82) is 0 Å². The van der Waals surface area contributed by atoms with Crippen LogP contribution in [0.3, 0.4) is 0 Å². The highest BCUT2D eigenvalue weighted by molar-refractivity contribution is 5.86. The molecule has 2 saturated carbocycles. The fourth-order valence-electron chi connectivity index (χ4n) is 6.08. The third kappa shape index (κ3) is 4.79. The monoisotopic (exact) mass is 511 g/mol. The standard InChI is InChI=1S/C26H37N7O4/c1-15-6-8-17(9-7-15)14-33-19-20(27-16(2)18-4-3-5-18)28-22(23-31-25(34)37-32-23)29-21(19)30-24(33)26(35)10-12-36-13-11-26/h15-18,35H,3-14H2,1-2H3,(H,27,28,29)(H,31,32,34)/t15-,16-,17-/m1/s1. The van der Waals surface area contributed by atoms with Crippen LogP contribution in [0.2, 0.25) is 0 Å². The molecule has 3 aliphatic rings. The molecule has 0 radical (unpaired) electrons. The average molecular weight is 512 g/mol. The molecule has 3 N–H and O–H groups in total. The van der Waals surface area contributed by atoms with E-state index in [4.69, 9.17) is 24.2 Å². The van der Waals surface area contributed by atoms with Crippen LogP contribution < -0.4 is 11.1 Å². The lowest BCUT2D eigenvalue weighted by molar-refractivity contribution is -0.0753. The van der Waals surface area contributed by atoms with Crippen LogP contribution in [0.4, 0.5) is 5.82 Å². The van der Waals surface area contributed by atoms with Gasteiger partial charge >= 0.3 is 5.76 Å². The summed E-state index contributed by atoms with van der Waals surface area (Å²) in [6, 6.07) is 0.213. The average Bonchev–Trinajstić information content (AvgIpc) is 3.44. The summed E-state index contributed by atoms with van der Waals surface area (Å²) in [5.74, 6) is 2.86. The summed E-state index contributed by atoms with van der Waals surface area (Å²) in [6.07, 6.45) is 9.34. The van der Waals surface area contributed by atoms with Crippen LogP contribution in [-0.4, -0.2) is 54.0 Å². The smallest absolute Gasteiger partial charge is 0.382 e. The van der Waals surface area contributed by atoms with Crippen LogP contribution in [0.15, 0.2) is 9.32 Å². The summed E-state index contributed by atoms with van der Waals surface area (Å²) >= 11 is 0. The van der Waals surface area contributed by atoms with Crippen LogP contribution in [0.1, 0.15) is 77.5 Å². The van der Waals surface area contributed by atoms with Gasteiger partial charge in [0, 0.05) is 38.6 Å². The second-order valence-corrected chi connectivity index (χ2v) is 11.5. The van der Waals surface area contributed by atoms with E-state index < -0.39 is 11.4 Å². The van der Waals surface area contributed by atoms with Crippen molar-refractivity contribution in [3.8, 4) is 11.6 Å². The quantitative estimate of drug-likeness (QED) is 0.433. The summed E-state index contributed by atoms with van der Waals surface area (Å²) in [4.78, 5) is 28.7. The summed E-state index contributed by atoms with van der Waals surface area (Å²) in [7, 11) is 0. The molecule has 4 heterocycles. The van der Waals surface area contributed by atoms with E-state index in [9.17, 15) is 9.90 Å². The number of aromatic nitrogens is 6. The van der Waals surface area contributed by atoms with Gasteiger partial charge in [0.15, 0.2) is 11.5 Å². The molecule has 0 bridgehead atoms. The first-order valence-corrected chi connectivity index (χ1v) is 13.8. The minimum atomic E-state index is -1.10. The molecule has 1 saturated heterocycles. The Bertz CT molecular complexity index is 1300. The van der Waals surface area contributed by atoms with E-state index in [2.05, 4.69) is 33.9 Å². The molecule has 2 aliphatic carbocycles. The molecule has 0 amide bonds. The molecule has 6 rings (SSSR count). The maximum atomic E-state index is 11.8.